The van der Waals surface area contributed by atoms with E-state index in [0.29, 0.717) is 16.6 Å². The van der Waals surface area contributed by atoms with Gasteiger partial charge in [0, 0.05) is 0 Å². The molecule has 0 aromatic carbocycles. The molecule has 1 aliphatic heterocycles. The summed E-state index contributed by atoms with van der Waals surface area (Å²) in [6, 6.07) is 0. The molecule has 1 rings (SSSR count). The van der Waals surface area contributed by atoms with Crippen molar-refractivity contribution in [3.63, 3.8) is 0 Å². The van der Waals surface area contributed by atoms with Gasteiger partial charge in [-0.2, -0.15) is 0 Å². The van der Waals surface area contributed by atoms with Crippen molar-refractivity contribution >= 4 is 14.0 Å². The van der Waals surface area contributed by atoms with Crippen molar-refractivity contribution in [3.8, 4) is 11.5 Å². The van der Waals surface area contributed by atoms with Crippen molar-refractivity contribution < 1.29 is 19.4 Å². The number of carboxylic acids is 1. The molecule has 0 N–H and O–H groups in total. The summed E-state index contributed by atoms with van der Waals surface area (Å²) in [6.45, 7) is 16.4. The van der Waals surface area contributed by atoms with Crippen molar-refractivity contribution in [2.75, 3.05) is 6.61 Å². The van der Waals surface area contributed by atoms with E-state index in [9.17, 15) is 9.90 Å². The quantitative estimate of drug-likeness (QED) is 0.588. The van der Waals surface area contributed by atoms with Gasteiger partial charge in [-0.3, -0.25) is 0 Å². The Morgan fingerprint density at radius 2 is 1.55 bits per heavy atom. The third-order valence-electron chi connectivity index (χ3n) is 4.72. The van der Waals surface area contributed by atoms with Gasteiger partial charge in [0.15, 0.2) is 11.4 Å². The minimum absolute atomic E-state index is 0.0892. The predicted octanol–water partition coefficient (Wildman–Crippen LogP) is 2.48. The summed E-state index contributed by atoms with van der Waals surface area (Å²) < 4.78 is 11.0. The number of carbonyl (C=O) groups excluding carboxylic acids is 1. The van der Waals surface area contributed by atoms with E-state index in [-0.39, 0.29) is 6.61 Å². The first-order valence-corrected chi connectivity index (χ1v) is 10.2. The Hall–Kier alpha value is -0.833. The van der Waals surface area contributed by atoms with Crippen molar-refractivity contribution in [1.82, 2.24) is 0 Å². The van der Waals surface area contributed by atoms with Gasteiger partial charge in [0.25, 0.3) is 0 Å². The van der Waals surface area contributed by atoms with Crippen LogP contribution in [0, 0.1) is 11.5 Å². The number of carbonyl (C=O) groups is 1. The van der Waals surface area contributed by atoms with Gasteiger partial charge in [0.05, 0.1) is 12.6 Å². The highest BCUT2D eigenvalue weighted by molar-refractivity contribution is 6.90. The molecular formula is C17H29O4Si-. The fourth-order valence-corrected chi connectivity index (χ4v) is 8.89. The lowest BCUT2D eigenvalue weighted by Gasteiger charge is -2.38. The first kappa shape index (κ1) is 19.2. The van der Waals surface area contributed by atoms with Crippen LogP contribution in [-0.2, 0) is 14.3 Å². The van der Waals surface area contributed by atoms with E-state index in [2.05, 4.69) is 53.0 Å². The Balaban J connectivity index is 3.34. The van der Waals surface area contributed by atoms with Gasteiger partial charge in [-0.1, -0.05) is 47.5 Å². The summed E-state index contributed by atoms with van der Waals surface area (Å²) >= 11 is 0. The summed E-state index contributed by atoms with van der Waals surface area (Å²) in [7, 11) is -2.02. The molecule has 1 heterocycles. The lowest BCUT2D eigenvalue weighted by Crippen LogP contribution is -2.51. The zero-order chi connectivity index (χ0) is 17.3. The highest BCUT2D eigenvalue weighted by atomic mass is 28.3. The average Bonchev–Trinajstić information content (AvgIpc) is 2.65. The van der Waals surface area contributed by atoms with E-state index < -0.39 is 25.4 Å². The SMILES string of the molecule is CC(C)[Si](C#C[C@]1(C(=O)[O-])COC(C)(C)O1)(C(C)C)C(C)C. The highest BCUT2D eigenvalue weighted by Crippen LogP contribution is 2.41. The fraction of sp³-hybridized carbons (Fsp3) is 0.824. The molecule has 4 nitrogen and oxygen atoms in total. The van der Waals surface area contributed by atoms with Crippen LogP contribution in [0.5, 0.6) is 0 Å². The van der Waals surface area contributed by atoms with Crippen molar-refractivity contribution in [2.24, 2.45) is 0 Å². The Morgan fingerprint density at radius 3 is 1.82 bits per heavy atom. The Bertz CT molecular complexity index is 463. The van der Waals surface area contributed by atoms with Crippen LogP contribution in [0.25, 0.3) is 0 Å². The molecule has 0 radical (unpaired) electrons. The molecule has 1 atom stereocenters. The minimum Gasteiger partial charge on any atom is -0.546 e. The smallest absolute Gasteiger partial charge is 0.194 e. The summed E-state index contributed by atoms with van der Waals surface area (Å²) in [5, 5.41) is 11.6. The molecule has 0 unspecified atom stereocenters. The topological polar surface area (TPSA) is 58.6 Å². The van der Waals surface area contributed by atoms with Crippen LogP contribution in [0.4, 0.5) is 0 Å². The molecule has 0 spiro atoms. The monoisotopic (exact) mass is 325 g/mol. The van der Waals surface area contributed by atoms with Crippen LogP contribution >= 0.6 is 0 Å². The van der Waals surface area contributed by atoms with Crippen molar-refractivity contribution in [3.05, 3.63) is 0 Å². The maximum absolute atomic E-state index is 11.6. The fourth-order valence-electron chi connectivity index (χ4n) is 3.61. The lowest BCUT2D eigenvalue weighted by molar-refractivity contribution is -0.323. The molecule has 126 valence electrons. The van der Waals surface area contributed by atoms with Gasteiger partial charge in [-0.15, -0.1) is 5.54 Å². The van der Waals surface area contributed by atoms with E-state index >= 15 is 0 Å². The largest absolute Gasteiger partial charge is 0.546 e. The summed E-state index contributed by atoms with van der Waals surface area (Å²) in [4.78, 5) is 11.6. The molecule has 1 aliphatic rings. The normalized spacial score (nSPS) is 24.7. The second-order valence-corrected chi connectivity index (χ2v) is 13.1. The first-order valence-electron chi connectivity index (χ1n) is 7.99. The zero-order valence-electron chi connectivity index (χ0n) is 15.1. The number of ether oxygens (including phenoxy) is 2. The molecule has 0 bridgehead atoms. The predicted molar refractivity (Wildman–Crippen MR) is 87.7 cm³/mol. The number of rotatable bonds is 4. The molecular weight excluding hydrogens is 296 g/mol. The van der Waals surface area contributed by atoms with Gasteiger partial charge >= 0.3 is 0 Å². The van der Waals surface area contributed by atoms with E-state index in [1.807, 2.05) is 0 Å². The Kier molecular flexibility index (Phi) is 5.54. The summed E-state index contributed by atoms with van der Waals surface area (Å²) in [5.74, 6) is 0.671. The molecule has 0 aromatic rings. The third-order valence-corrected chi connectivity index (χ3v) is 11.0. The molecule has 0 saturated carbocycles. The molecule has 1 fully saturated rings. The highest BCUT2D eigenvalue weighted by Gasteiger charge is 2.47. The molecule has 0 amide bonds. The standard InChI is InChI=1S/C17H30O4Si/c1-12(2)22(13(3)4,14(5)6)10-9-17(15(18)19)11-20-16(7,8)21-17/h12-14H,11H2,1-8H3,(H,18,19)/p-1/t17-/m1/s1. The van der Waals surface area contributed by atoms with Crippen LogP contribution in [0.3, 0.4) is 0 Å². The zero-order valence-corrected chi connectivity index (χ0v) is 16.1. The van der Waals surface area contributed by atoms with Crippen LogP contribution in [-0.4, -0.2) is 32.0 Å². The van der Waals surface area contributed by atoms with Gasteiger partial charge in [-0.25, -0.2) is 0 Å². The third kappa shape index (κ3) is 3.39. The van der Waals surface area contributed by atoms with E-state index in [1.165, 1.54) is 0 Å². The second kappa shape index (κ2) is 6.35. The number of hydrogen-bond donors (Lipinski definition) is 0. The number of hydrogen-bond acceptors (Lipinski definition) is 4. The maximum atomic E-state index is 11.6. The van der Waals surface area contributed by atoms with Crippen molar-refractivity contribution in [2.45, 2.75) is 83.4 Å². The van der Waals surface area contributed by atoms with Crippen molar-refractivity contribution in [1.29, 1.82) is 0 Å². The van der Waals surface area contributed by atoms with E-state index in [4.69, 9.17) is 9.47 Å². The van der Waals surface area contributed by atoms with Gasteiger partial charge in [0.2, 0.25) is 0 Å². The average molecular weight is 326 g/mol. The number of aliphatic carboxylic acids is 1. The van der Waals surface area contributed by atoms with Crippen LogP contribution in [0.1, 0.15) is 55.4 Å². The van der Waals surface area contributed by atoms with Crippen LogP contribution in [0.15, 0.2) is 0 Å². The lowest BCUT2D eigenvalue weighted by atomic mass is 10.1. The van der Waals surface area contributed by atoms with Gasteiger partial charge in [-0.05, 0) is 30.5 Å². The van der Waals surface area contributed by atoms with Crippen LogP contribution in [0.2, 0.25) is 16.6 Å². The van der Waals surface area contributed by atoms with Crippen LogP contribution < -0.4 is 5.11 Å². The maximum Gasteiger partial charge on any atom is 0.194 e. The molecule has 5 heteroatoms. The molecule has 1 saturated heterocycles. The number of carboxylic acid groups (broad SMARTS) is 1. The molecule has 22 heavy (non-hydrogen) atoms. The Labute approximate surface area is 135 Å². The second-order valence-electron chi connectivity index (χ2n) is 7.55. The van der Waals surface area contributed by atoms with E-state index in [1.54, 1.807) is 13.8 Å². The van der Waals surface area contributed by atoms with E-state index in [0.717, 1.165) is 0 Å². The minimum atomic E-state index is -2.02. The van der Waals surface area contributed by atoms with Gasteiger partial charge < -0.3 is 19.4 Å². The first-order chi connectivity index (χ1) is 9.89. The summed E-state index contributed by atoms with van der Waals surface area (Å²) in [6.07, 6.45) is 0. The molecule has 0 aliphatic carbocycles. The molecule has 0 aromatic heterocycles. The van der Waals surface area contributed by atoms with Gasteiger partial charge in [0.1, 0.15) is 8.07 Å². The Morgan fingerprint density at radius 1 is 1.09 bits per heavy atom. The summed E-state index contributed by atoms with van der Waals surface area (Å²) in [5.41, 5.74) is 3.02.